The molecule has 3 fully saturated rings. The molecule has 3 aliphatic rings. The highest BCUT2D eigenvalue weighted by atomic mass is 16.5. The van der Waals surface area contributed by atoms with E-state index in [0.717, 1.165) is 43.4 Å². The molecule has 12 amide bonds. The van der Waals surface area contributed by atoms with Crippen LogP contribution in [0.4, 0.5) is 0 Å². The molecule has 0 aromatic heterocycles. The van der Waals surface area contributed by atoms with Gasteiger partial charge >= 0.3 is 0 Å². The van der Waals surface area contributed by atoms with E-state index >= 15 is 33.6 Å². The van der Waals surface area contributed by atoms with Crippen molar-refractivity contribution in [2.75, 3.05) is 122 Å². The van der Waals surface area contributed by atoms with Crippen LogP contribution in [-0.4, -0.2) is 303 Å². The molecule has 1 aromatic carbocycles. The first-order valence-corrected chi connectivity index (χ1v) is 38.0. The maximum atomic E-state index is 15.3. The SMILES string of the molecule is CCCCN1CC(=O)N(C)[C@@H](CC2CCCCC2)C(=O)N[C@@H](COCCN(C)C)C(=O)N(C)[C@@H](CC(C)C)C(=O)N[C@@H]([C@@H](C)O)C(=O)N(C)CC(=O)N(C)[C@@H](Cc2ccccc2)C(=O)N(C)[C@@H](CC)C(=O)N[C@@H](COCCC(C)C)C(=O)N(C)[C@@H](CC(C)C)C(=O)N[C@H](C(=O)N2CCCCC2)CC1=O. The number of nitrogens with zero attached hydrogens (tertiary/aromatic N) is 9. The third kappa shape index (κ3) is 27.9. The average molecular weight is 1460 g/mol. The Hall–Kier alpha value is -7.30. The summed E-state index contributed by atoms with van der Waals surface area (Å²) >= 11 is 0. The van der Waals surface area contributed by atoms with Crippen molar-refractivity contribution in [1.29, 1.82) is 0 Å². The van der Waals surface area contributed by atoms with Crippen LogP contribution >= 0.6 is 0 Å². The summed E-state index contributed by atoms with van der Waals surface area (Å²) in [6, 6.07) is -3.50. The molecule has 1 saturated carbocycles. The lowest BCUT2D eigenvalue weighted by atomic mass is 9.84. The van der Waals surface area contributed by atoms with E-state index in [1.54, 1.807) is 42.2 Å². The molecule has 28 nitrogen and oxygen atoms in total. The summed E-state index contributed by atoms with van der Waals surface area (Å²) in [5, 5.41) is 22.6. The Balaban J connectivity index is 1.98. The lowest BCUT2D eigenvalue weighted by Crippen LogP contribution is -2.62. The zero-order valence-electron chi connectivity index (χ0n) is 65.7. The molecule has 4 rings (SSSR count). The number of hydrogen-bond acceptors (Lipinski definition) is 16. The Bertz CT molecular complexity index is 2940. The maximum absolute atomic E-state index is 15.3. The Kier molecular flexibility index (Phi) is 38.2. The molecule has 2 saturated heterocycles. The van der Waals surface area contributed by atoms with E-state index in [1.807, 2.05) is 67.5 Å². The first-order chi connectivity index (χ1) is 49.1. The second-order valence-corrected chi connectivity index (χ2v) is 30.5. The van der Waals surface area contributed by atoms with Crippen molar-refractivity contribution < 1.29 is 72.1 Å². The van der Waals surface area contributed by atoms with Crippen LogP contribution in [0.3, 0.4) is 0 Å². The average Bonchev–Trinajstić information content (AvgIpc) is 0.827. The molecule has 0 radical (unpaired) electrons. The van der Waals surface area contributed by atoms with E-state index in [0.29, 0.717) is 57.3 Å². The summed E-state index contributed by atoms with van der Waals surface area (Å²) in [6.07, 6.45) is 6.38. The summed E-state index contributed by atoms with van der Waals surface area (Å²) in [5.41, 5.74) is 0.648. The molecule has 10 atom stereocenters. The van der Waals surface area contributed by atoms with Gasteiger partial charge in [0.1, 0.15) is 54.4 Å². The highest BCUT2D eigenvalue weighted by molar-refractivity contribution is 6.00. The number of piperidine rings is 1. The third-order valence-corrected chi connectivity index (χ3v) is 20.2. The quantitative estimate of drug-likeness (QED) is 0.0928. The van der Waals surface area contributed by atoms with Crippen molar-refractivity contribution in [3.63, 3.8) is 0 Å². The Morgan fingerprint density at radius 3 is 1.58 bits per heavy atom. The van der Waals surface area contributed by atoms with Crippen LogP contribution in [0.2, 0.25) is 0 Å². The van der Waals surface area contributed by atoms with E-state index in [-0.39, 0.29) is 88.7 Å². The van der Waals surface area contributed by atoms with Crippen LogP contribution in [0.15, 0.2) is 30.3 Å². The van der Waals surface area contributed by atoms with Crippen molar-refractivity contribution >= 4 is 70.9 Å². The summed E-state index contributed by atoms with van der Waals surface area (Å²) < 4.78 is 12.2. The number of hydrogen-bond donors (Lipinski definition) is 5. The monoisotopic (exact) mass is 1460 g/mol. The second kappa shape index (κ2) is 44.6. The van der Waals surface area contributed by atoms with E-state index in [2.05, 4.69) is 21.3 Å². The van der Waals surface area contributed by atoms with Crippen LogP contribution in [0.25, 0.3) is 0 Å². The van der Waals surface area contributed by atoms with Gasteiger partial charge in [0, 0.05) is 81.5 Å². The zero-order valence-corrected chi connectivity index (χ0v) is 65.7. The molecular formula is C76H129N13O15. The molecule has 28 heteroatoms. The predicted octanol–water partition coefficient (Wildman–Crippen LogP) is 3.30. The number of rotatable bonds is 24. The number of nitrogens with one attached hydrogen (secondary N) is 4. The van der Waals surface area contributed by atoms with Crippen molar-refractivity contribution in [3.05, 3.63) is 35.9 Å². The van der Waals surface area contributed by atoms with Gasteiger partial charge in [0.2, 0.25) is 70.9 Å². The molecule has 104 heavy (non-hydrogen) atoms. The molecule has 1 aliphatic carbocycles. The normalized spacial score (nSPS) is 24.9. The van der Waals surface area contributed by atoms with Crippen LogP contribution in [0.5, 0.6) is 0 Å². The van der Waals surface area contributed by atoms with E-state index < -0.39 is 151 Å². The van der Waals surface area contributed by atoms with Crippen molar-refractivity contribution in [2.45, 2.75) is 232 Å². The standard InChI is InChI=1S/C76H129N13O15/c1-18-20-35-89-47-66(93)83(13)62(43-54-30-24-21-25-31-54)70(96)79-58(49-104-40-38-81(10)11)73(99)87(17)61(42-52(7)8)71(97)80-67(53(9)90)76(102)82(12)46-65(92)84(14)63(44-55-32-26-22-27-33-55)75(101)85(15)59(19-2)68(94)78-57(48-103-39-34-50(3)4)72(98)86(16)60(41-51(5)6)69(95)77-56(45-64(89)91)74(100)88-36-28-23-29-37-88/h22,26-27,32-33,50-54,56-63,67,90H,18-21,23-25,28-31,34-49H2,1-17H3,(H,77,95)(H,78,94)(H,79,96)(H,80,97)/t53-,56+,57+,58+,59+,60+,61+,62+,63+,67+/m1/s1. The fourth-order valence-corrected chi connectivity index (χ4v) is 13.5. The van der Waals surface area contributed by atoms with Gasteiger partial charge in [-0.3, -0.25) is 57.5 Å². The molecular weight excluding hydrogens is 1330 g/mol. The van der Waals surface area contributed by atoms with Crippen molar-refractivity contribution in [3.8, 4) is 0 Å². The van der Waals surface area contributed by atoms with E-state index in [9.17, 15) is 29.1 Å². The van der Waals surface area contributed by atoms with Gasteiger partial charge in [-0.2, -0.15) is 0 Å². The van der Waals surface area contributed by atoms with Gasteiger partial charge in [-0.15, -0.1) is 0 Å². The molecule has 2 heterocycles. The van der Waals surface area contributed by atoms with Crippen molar-refractivity contribution in [2.24, 2.45) is 23.7 Å². The molecule has 5 N–H and O–H groups in total. The van der Waals surface area contributed by atoms with Gasteiger partial charge in [-0.05, 0) is 108 Å². The number of carbonyl (C=O) groups excluding carboxylic acids is 12. The van der Waals surface area contributed by atoms with Gasteiger partial charge in [0.05, 0.1) is 45.4 Å². The maximum Gasteiger partial charge on any atom is 0.248 e. The van der Waals surface area contributed by atoms with Gasteiger partial charge in [0.15, 0.2) is 0 Å². The Morgan fingerprint density at radius 1 is 0.558 bits per heavy atom. The lowest BCUT2D eigenvalue weighted by molar-refractivity contribution is -0.151. The number of ether oxygens (including phenoxy) is 2. The number of likely N-dealkylation sites (tertiary alicyclic amines) is 1. The van der Waals surface area contributed by atoms with Crippen molar-refractivity contribution in [1.82, 2.24) is 65.4 Å². The topological polar surface area (TPSA) is 321 Å². The summed E-state index contributed by atoms with van der Waals surface area (Å²) in [6.45, 7) is 16.0. The smallest absolute Gasteiger partial charge is 0.248 e. The third-order valence-electron chi connectivity index (χ3n) is 20.2. The first-order valence-electron chi connectivity index (χ1n) is 38.0. The minimum atomic E-state index is -1.67. The largest absolute Gasteiger partial charge is 0.391 e. The number of aliphatic hydroxyl groups excluding tert-OH is 1. The molecule has 1 aromatic rings. The Morgan fingerprint density at radius 2 is 1.06 bits per heavy atom. The number of benzene rings is 1. The number of unbranched alkanes of at least 4 members (excludes halogenated alkanes) is 1. The highest BCUT2D eigenvalue weighted by Gasteiger charge is 2.43. The number of amides is 12. The number of likely N-dealkylation sites (N-methyl/N-ethyl adjacent to an activating group) is 7. The molecule has 0 spiro atoms. The summed E-state index contributed by atoms with van der Waals surface area (Å²) in [4.78, 5) is 192. The molecule has 2 aliphatic heterocycles. The number of aliphatic hydroxyl groups is 1. The minimum Gasteiger partial charge on any atom is -0.391 e. The zero-order chi connectivity index (χ0) is 77.7. The fourth-order valence-electron chi connectivity index (χ4n) is 13.5. The fraction of sp³-hybridized carbons (Fsp3) is 0.763. The lowest BCUT2D eigenvalue weighted by Gasteiger charge is -2.37. The molecule has 0 unspecified atom stereocenters. The van der Waals surface area contributed by atoms with Gasteiger partial charge in [0.25, 0.3) is 0 Å². The minimum absolute atomic E-state index is 0.00347. The van der Waals surface area contributed by atoms with Crippen LogP contribution < -0.4 is 21.3 Å². The summed E-state index contributed by atoms with van der Waals surface area (Å²) in [5.74, 6) is -8.84. The van der Waals surface area contributed by atoms with Crippen LogP contribution in [0, 0.1) is 23.7 Å². The molecule has 0 bridgehead atoms. The van der Waals surface area contributed by atoms with E-state index in [4.69, 9.17) is 9.47 Å². The first kappa shape index (κ1) is 89.1. The van der Waals surface area contributed by atoms with Gasteiger partial charge < -0.3 is 79.9 Å². The summed E-state index contributed by atoms with van der Waals surface area (Å²) in [7, 11) is 12.1. The molecule has 588 valence electrons. The van der Waals surface area contributed by atoms with Gasteiger partial charge in [-0.25, -0.2) is 0 Å². The van der Waals surface area contributed by atoms with Crippen LogP contribution in [0.1, 0.15) is 171 Å². The predicted molar refractivity (Wildman–Crippen MR) is 397 cm³/mol. The number of carbonyl (C=O) groups is 12. The van der Waals surface area contributed by atoms with Gasteiger partial charge in [-0.1, -0.05) is 124 Å². The highest BCUT2D eigenvalue weighted by Crippen LogP contribution is 2.29. The van der Waals surface area contributed by atoms with Crippen LogP contribution in [-0.2, 0) is 73.4 Å². The van der Waals surface area contributed by atoms with E-state index in [1.165, 1.54) is 78.6 Å². The Labute approximate surface area is 619 Å². The second-order valence-electron chi connectivity index (χ2n) is 30.5.